The van der Waals surface area contributed by atoms with Crippen LogP contribution in [0.5, 0.6) is 11.5 Å². The second-order valence-corrected chi connectivity index (χ2v) is 14.3. The van der Waals surface area contributed by atoms with Gasteiger partial charge < -0.3 is 45.1 Å². The summed E-state index contributed by atoms with van der Waals surface area (Å²) in [7, 11) is 0. The second-order valence-electron chi connectivity index (χ2n) is 14.3. The molecule has 7 N–H and O–H groups in total. The molecule has 1 aliphatic heterocycles. The average molecular weight is 817 g/mol. The van der Waals surface area contributed by atoms with Crippen LogP contribution in [0.3, 0.4) is 0 Å². The maximum absolute atomic E-state index is 13.8. The van der Waals surface area contributed by atoms with Crippen LogP contribution in [-0.4, -0.2) is 84.3 Å². The van der Waals surface area contributed by atoms with Gasteiger partial charge in [0.05, 0.1) is 34.4 Å². The fraction of sp³-hybridized carbons (Fsp3) is 0.300. The number of hydrogen-bond donors (Lipinski definition) is 5. The number of amides is 3. The van der Waals surface area contributed by atoms with Gasteiger partial charge in [-0.25, -0.2) is 15.0 Å². The molecule has 1 aliphatic rings. The summed E-state index contributed by atoms with van der Waals surface area (Å²) in [6, 6.07) is 9.20. The van der Waals surface area contributed by atoms with Gasteiger partial charge in [0.15, 0.2) is 6.23 Å². The predicted molar refractivity (Wildman–Crippen MR) is 220 cm³/mol. The maximum Gasteiger partial charge on any atom is 0.276 e. The number of anilines is 2. The molecule has 310 valence electrons. The lowest BCUT2D eigenvalue weighted by atomic mass is 10.1. The predicted octanol–water partition coefficient (Wildman–Crippen LogP) is 3.45. The Hall–Kier alpha value is -7.48. The zero-order chi connectivity index (χ0) is 42.2. The molecule has 0 bridgehead atoms. The summed E-state index contributed by atoms with van der Waals surface area (Å²) in [4.78, 5) is 52.9. The number of aliphatic hydroxyl groups is 1. The normalized spacial score (nSPS) is 15.4. The zero-order valence-electron chi connectivity index (χ0n) is 33.4. The Morgan fingerprint density at radius 1 is 0.817 bits per heavy atom. The molecule has 2 atom stereocenters. The first kappa shape index (κ1) is 39.4. The maximum atomic E-state index is 13.8. The topological polar surface area (TPSA) is 255 Å². The molecule has 0 aliphatic carbocycles. The Labute approximate surface area is 342 Å². The van der Waals surface area contributed by atoms with Crippen LogP contribution in [0.4, 0.5) is 11.9 Å². The molecule has 0 fully saturated rings. The van der Waals surface area contributed by atoms with Crippen LogP contribution in [0.25, 0.3) is 22.1 Å². The van der Waals surface area contributed by atoms with Crippen LogP contribution >= 0.6 is 0 Å². The van der Waals surface area contributed by atoms with Gasteiger partial charge in [-0.05, 0) is 64.1 Å². The lowest BCUT2D eigenvalue weighted by Crippen LogP contribution is -2.24. The molecule has 2 unspecified atom stereocenters. The summed E-state index contributed by atoms with van der Waals surface area (Å²) in [5.74, 6) is -0.748. The number of aliphatic hydroxyl groups excluding tert-OH is 1. The number of carbonyl (C=O) groups excluding carboxylic acids is 3. The van der Waals surface area contributed by atoms with Crippen LogP contribution in [0.1, 0.15) is 74.4 Å². The molecule has 7 aromatic rings. The number of benzene rings is 2. The van der Waals surface area contributed by atoms with Gasteiger partial charge in [0, 0.05) is 49.7 Å². The molecular formula is C40H44N14O6. The van der Waals surface area contributed by atoms with Gasteiger partial charge >= 0.3 is 0 Å². The van der Waals surface area contributed by atoms with E-state index >= 15 is 0 Å². The van der Waals surface area contributed by atoms with Crippen molar-refractivity contribution >= 4 is 51.7 Å². The number of imidazole rings is 3. The number of carbonyl (C=O) groups is 3. The highest BCUT2D eigenvalue weighted by Gasteiger charge is 2.26. The number of aromatic nitrogens is 10. The highest BCUT2D eigenvalue weighted by Crippen LogP contribution is 2.35. The first-order chi connectivity index (χ1) is 28.9. The number of aryl methyl sites for hydroxylation is 4. The van der Waals surface area contributed by atoms with Gasteiger partial charge in [0.25, 0.3) is 5.91 Å². The van der Waals surface area contributed by atoms with Crippen molar-refractivity contribution in [3.05, 3.63) is 101 Å². The number of nitrogens with two attached hydrogens (primary N) is 2. The molecule has 0 saturated carbocycles. The minimum Gasteiger partial charge on any atom is -0.489 e. The molecule has 60 heavy (non-hydrogen) atoms. The molecule has 0 spiro atoms. The smallest absolute Gasteiger partial charge is 0.276 e. The number of ether oxygens (including phenoxy) is 2. The van der Waals surface area contributed by atoms with Crippen LogP contribution in [0.2, 0.25) is 0 Å². The van der Waals surface area contributed by atoms with Crippen molar-refractivity contribution in [3.63, 3.8) is 0 Å². The third-order valence-electron chi connectivity index (χ3n) is 10.2. The van der Waals surface area contributed by atoms with Gasteiger partial charge in [0.1, 0.15) is 47.5 Å². The van der Waals surface area contributed by atoms with Crippen LogP contribution in [-0.2, 0) is 26.2 Å². The van der Waals surface area contributed by atoms with Crippen molar-refractivity contribution in [1.82, 2.24) is 48.2 Å². The lowest BCUT2D eigenvalue weighted by Gasteiger charge is -2.21. The fourth-order valence-corrected chi connectivity index (χ4v) is 7.33. The number of rotatable bonds is 10. The molecule has 20 nitrogen and oxygen atoms in total. The van der Waals surface area contributed by atoms with E-state index in [1.54, 1.807) is 69.0 Å². The highest BCUT2D eigenvalue weighted by molar-refractivity contribution is 6.04. The minimum absolute atomic E-state index is 0.00674. The molecule has 0 radical (unpaired) electrons. The average Bonchev–Trinajstić information content (AvgIpc) is 4.06. The van der Waals surface area contributed by atoms with Gasteiger partial charge in [-0.15, -0.1) is 0 Å². The largest absolute Gasteiger partial charge is 0.489 e. The van der Waals surface area contributed by atoms with Gasteiger partial charge in [-0.3, -0.25) is 29.1 Å². The molecule has 3 amide bonds. The van der Waals surface area contributed by atoms with E-state index in [1.165, 1.54) is 0 Å². The van der Waals surface area contributed by atoms with E-state index in [2.05, 4.69) is 25.8 Å². The van der Waals surface area contributed by atoms with Gasteiger partial charge in [0.2, 0.25) is 23.7 Å². The van der Waals surface area contributed by atoms with E-state index < -0.39 is 30.0 Å². The molecule has 8 rings (SSSR count). The Balaban J connectivity index is 1.27. The van der Waals surface area contributed by atoms with E-state index in [4.69, 9.17) is 30.9 Å². The Kier molecular flexibility index (Phi) is 10.5. The van der Waals surface area contributed by atoms with Crippen LogP contribution < -0.4 is 31.6 Å². The summed E-state index contributed by atoms with van der Waals surface area (Å²) in [5, 5.41) is 26.5. The Morgan fingerprint density at radius 3 is 1.95 bits per heavy atom. The number of primary amides is 2. The van der Waals surface area contributed by atoms with E-state index in [0.717, 1.165) is 5.69 Å². The van der Waals surface area contributed by atoms with Crippen molar-refractivity contribution in [1.29, 1.82) is 0 Å². The van der Waals surface area contributed by atoms with Crippen LogP contribution in [0.15, 0.2) is 67.3 Å². The summed E-state index contributed by atoms with van der Waals surface area (Å²) < 4.78 is 21.8. The van der Waals surface area contributed by atoms with Crippen molar-refractivity contribution < 1.29 is 29.0 Å². The SMILES string of the molecule is CCn1nc(C)cc1C(=O)Nc1nc2cc(C(N)=O)cc3c2n1C/C=C/Cn1c(NC(O)c2cc(C)nn2CC)nc2cc(C(N)=O)cc(c21)OCC(n1ccnc1)CO3. The van der Waals surface area contributed by atoms with E-state index in [9.17, 15) is 19.5 Å². The number of nitrogens with zero attached hydrogens (tertiary/aromatic N) is 10. The summed E-state index contributed by atoms with van der Waals surface area (Å²) in [6.07, 6.45) is 7.55. The number of allylic oxidation sites excluding steroid dienone is 2. The second kappa shape index (κ2) is 16.0. The van der Waals surface area contributed by atoms with E-state index in [1.807, 2.05) is 49.0 Å². The standard InChI is InChI=1S/C40H44N14O6/c1-5-53-29(13-22(3)48-53)37(57)46-39-44-27-15-24(35(41)55)17-31-33(27)51(39)10-7-8-11-52-34-28(45-40(52)47-38(58)30-14-23(4)49-54(30)6-2)16-25(36(42)56)18-32(34)60-20-26(19-59-31)50-12-9-43-21-50/h7-9,12-18,21,26,37,57H,5-6,10-11,19-20H2,1-4H3,(H2,41,55)(H2,42,56)(H,44,46)(H,45,47,58)/b8-7+. The zero-order valence-corrected chi connectivity index (χ0v) is 33.4. The molecule has 5 aromatic heterocycles. The minimum atomic E-state index is -1.21. The first-order valence-corrected chi connectivity index (χ1v) is 19.3. The summed E-state index contributed by atoms with van der Waals surface area (Å²) >= 11 is 0. The third kappa shape index (κ3) is 7.50. The van der Waals surface area contributed by atoms with Crippen molar-refractivity contribution in [3.8, 4) is 11.5 Å². The molecule has 6 heterocycles. The third-order valence-corrected chi connectivity index (χ3v) is 10.2. The monoisotopic (exact) mass is 816 g/mol. The quantitative estimate of drug-likeness (QED) is 0.0983. The molecule has 20 heteroatoms. The van der Waals surface area contributed by atoms with Crippen LogP contribution in [0, 0.1) is 13.8 Å². The fourth-order valence-electron chi connectivity index (χ4n) is 7.33. The van der Waals surface area contributed by atoms with E-state index in [-0.39, 0.29) is 55.1 Å². The van der Waals surface area contributed by atoms with E-state index in [0.29, 0.717) is 58.0 Å². The first-order valence-electron chi connectivity index (χ1n) is 19.3. The van der Waals surface area contributed by atoms with Gasteiger partial charge in [-0.2, -0.15) is 10.2 Å². The molecular weight excluding hydrogens is 773 g/mol. The van der Waals surface area contributed by atoms with Crippen molar-refractivity contribution in [2.45, 2.75) is 66.1 Å². The van der Waals surface area contributed by atoms with Crippen molar-refractivity contribution in [2.75, 3.05) is 23.8 Å². The molecule has 0 saturated heterocycles. The van der Waals surface area contributed by atoms with Gasteiger partial charge in [-0.1, -0.05) is 12.2 Å². The number of nitrogens with one attached hydrogen (secondary N) is 2. The molecule has 2 aromatic carbocycles. The Bertz CT molecular complexity index is 2790. The lowest BCUT2D eigenvalue weighted by molar-refractivity contribution is 0.0991. The summed E-state index contributed by atoms with van der Waals surface area (Å²) in [5.41, 5.74) is 16.0. The van der Waals surface area contributed by atoms with Crippen molar-refractivity contribution in [2.24, 2.45) is 11.5 Å². The highest BCUT2D eigenvalue weighted by atomic mass is 16.5. The number of hydrogen-bond acceptors (Lipinski definition) is 12. The summed E-state index contributed by atoms with van der Waals surface area (Å²) in [6.45, 7) is 8.88. The Morgan fingerprint density at radius 2 is 1.38 bits per heavy atom.